The second-order valence-corrected chi connectivity index (χ2v) is 7.84. The molecular formula is C21H19N5O3. The summed E-state index contributed by atoms with van der Waals surface area (Å²) in [6.45, 7) is 1.07. The summed E-state index contributed by atoms with van der Waals surface area (Å²) < 4.78 is 6.50. The molecule has 0 unspecified atom stereocenters. The molecule has 3 fully saturated rings. The molecule has 3 aliphatic heterocycles. The minimum Gasteiger partial charge on any atom is -0.343 e. The second kappa shape index (κ2) is 5.87. The van der Waals surface area contributed by atoms with E-state index in [1.54, 1.807) is 17.2 Å². The van der Waals surface area contributed by atoms with Crippen LogP contribution < -0.4 is 0 Å². The minimum absolute atomic E-state index is 0.0444. The quantitative estimate of drug-likeness (QED) is 0.723. The second-order valence-electron chi connectivity index (χ2n) is 7.84. The van der Waals surface area contributed by atoms with Gasteiger partial charge in [-0.3, -0.25) is 14.7 Å². The molecule has 0 bridgehead atoms. The molecule has 3 saturated heterocycles. The number of aromatic amines is 1. The average molecular weight is 389 g/mol. The molecule has 29 heavy (non-hydrogen) atoms. The molecule has 5 heterocycles. The maximum absolute atomic E-state index is 13.2. The number of rotatable bonds is 2. The zero-order chi connectivity index (χ0) is 19.6. The lowest BCUT2D eigenvalue weighted by Gasteiger charge is -2.31. The number of nitrogens with one attached hydrogen (secondary N) is 1. The fourth-order valence-electron chi connectivity index (χ4n) is 5.00. The van der Waals surface area contributed by atoms with E-state index >= 15 is 0 Å². The Morgan fingerprint density at radius 2 is 2.07 bits per heavy atom. The number of carbonyl (C=O) groups is 2. The molecule has 0 aliphatic carbocycles. The molecule has 8 heteroatoms. The van der Waals surface area contributed by atoms with Crippen molar-refractivity contribution < 1.29 is 14.3 Å². The molecule has 1 spiro atoms. The van der Waals surface area contributed by atoms with Gasteiger partial charge in [0.1, 0.15) is 11.8 Å². The van der Waals surface area contributed by atoms with Gasteiger partial charge < -0.3 is 14.5 Å². The van der Waals surface area contributed by atoms with E-state index < -0.39 is 5.72 Å². The summed E-state index contributed by atoms with van der Waals surface area (Å²) in [6.07, 6.45) is 2.41. The van der Waals surface area contributed by atoms with Crippen LogP contribution in [0.4, 0.5) is 0 Å². The van der Waals surface area contributed by atoms with Crippen molar-refractivity contribution in [1.82, 2.24) is 25.0 Å². The van der Waals surface area contributed by atoms with E-state index in [0.717, 1.165) is 10.9 Å². The molecule has 3 atom stereocenters. The monoisotopic (exact) mass is 389 g/mol. The van der Waals surface area contributed by atoms with E-state index in [1.807, 2.05) is 41.3 Å². The Hall–Kier alpha value is -3.26. The first-order valence-electron chi connectivity index (χ1n) is 9.80. The van der Waals surface area contributed by atoms with Gasteiger partial charge >= 0.3 is 0 Å². The van der Waals surface area contributed by atoms with Crippen LogP contribution in [0.1, 0.15) is 35.0 Å². The van der Waals surface area contributed by atoms with Crippen LogP contribution in [-0.2, 0) is 9.53 Å². The first-order valence-corrected chi connectivity index (χ1v) is 9.80. The zero-order valence-electron chi connectivity index (χ0n) is 15.6. The summed E-state index contributed by atoms with van der Waals surface area (Å²) in [4.78, 5) is 34.0. The van der Waals surface area contributed by atoms with Crippen molar-refractivity contribution in [2.45, 2.75) is 30.7 Å². The Labute approximate surface area is 166 Å². The number of aromatic nitrogens is 3. The molecule has 8 nitrogen and oxygen atoms in total. The van der Waals surface area contributed by atoms with E-state index in [1.165, 1.54) is 0 Å². The number of hydrogen-bond acceptors (Lipinski definition) is 5. The van der Waals surface area contributed by atoms with Crippen molar-refractivity contribution in [3.05, 3.63) is 59.9 Å². The highest BCUT2D eigenvalue weighted by atomic mass is 16.5. The van der Waals surface area contributed by atoms with Gasteiger partial charge in [-0.05, 0) is 17.7 Å². The maximum Gasteiger partial charge on any atom is 0.272 e. The van der Waals surface area contributed by atoms with Crippen LogP contribution in [0.2, 0.25) is 0 Å². The zero-order valence-corrected chi connectivity index (χ0v) is 15.6. The topological polar surface area (TPSA) is 91.4 Å². The number of nitrogens with zero attached hydrogens (tertiary/aromatic N) is 4. The first kappa shape index (κ1) is 16.7. The highest BCUT2D eigenvalue weighted by Crippen LogP contribution is 2.50. The summed E-state index contributed by atoms with van der Waals surface area (Å²) in [7, 11) is 0. The maximum atomic E-state index is 13.2. The SMILES string of the molecule is O=C(c1ccc2cn[nH]c2n1)N1CC[C@@]23O[C@H](c4ccccc4)CN2C(=O)C[C@@H]13. The van der Waals surface area contributed by atoms with Crippen LogP contribution in [0.3, 0.4) is 0 Å². The molecule has 0 saturated carbocycles. The third-order valence-electron chi connectivity index (χ3n) is 6.38. The van der Waals surface area contributed by atoms with Crippen molar-refractivity contribution in [3.8, 4) is 0 Å². The number of hydrogen-bond donors (Lipinski definition) is 1. The van der Waals surface area contributed by atoms with E-state index in [0.29, 0.717) is 37.3 Å². The van der Waals surface area contributed by atoms with Crippen molar-refractivity contribution in [2.24, 2.45) is 0 Å². The van der Waals surface area contributed by atoms with E-state index in [4.69, 9.17) is 4.74 Å². The molecule has 3 aliphatic rings. The number of likely N-dealkylation sites (tertiary alicyclic amines) is 1. The smallest absolute Gasteiger partial charge is 0.272 e. The van der Waals surface area contributed by atoms with Gasteiger partial charge in [0.05, 0.1) is 25.2 Å². The van der Waals surface area contributed by atoms with Crippen LogP contribution in [0.15, 0.2) is 48.7 Å². The molecular weight excluding hydrogens is 370 g/mol. The molecule has 146 valence electrons. The van der Waals surface area contributed by atoms with E-state index in [-0.39, 0.29) is 24.0 Å². The molecule has 3 aromatic rings. The molecule has 2 amide bonds. The van der Waals surface area contributed by atoms with Gasteiger partial charge in [0.2, 0.25) is 5.91 Å². The first-order chi connectivity index (χ1) is 14.2. The van der Waals surface area contributed by atoms with Crippen LogP contribution in [0, 0.1) is 0 Å². The number of fused-ring (bicyclic) bond motifs is 1. The van der Waals surface area contributed by atoms with Crippen molar-refractivity contribution in [1.29, 1.82) is 0 Å². The van der Waals surface area contributed by atoms with Crippen LogP contribution in [-0.4, -0.2) is 61.7 Å². The van der Waals surface area contributed by atoms with Crippen LogP contribution >= 0.6 is 0 Å². The fraction of sp³-hybridized carbons (Fsp3) is 0.333. The van der Waals surface area contributed by atoms with Crippen molar-refractivity contribution in [2.75, 3.05) is 13.1 Å². The number of benzene rings is 1. The molecule has 2 aromatic heterocycles. The predicted octanol–water partition coefficient (Wildman–Crippen LogP) is 1.87. The lowest BCUT2D eigenvalue weighted by molar-refractivity contribution is -0.138. The highest BCUT2D eigenvalue weighted by Gasteiger charge is 2.65. The van der Waals surface area contributed by atoms with Crippen LogP contribution in [0.25, 0.3) is 11.0 Å². The fourth-order valence-corrected chi connectivity index (χ4v) is 5.00. The average Bonchev–Trinajstić information content (AvgIpc) is 3.49. The number of amides is 2. The summed E-state index contributed by atoms with van der Waals surface area (Å²) in [5, 5.41) is 7.61. The third-order valence-corrected chi connectivity index (χ3v) is 6.38. The number of pyridine rings is 1. The normalized spacial score (nSPS) is 28.2. The van der Waals surface area contributed by atoms with Crippen molar-refractivity contribution in [3.63, 3.8) is 0 Å². The third kappa shape index (κ3) is 2.29. The van der Waals surface area contributed by atoms with Crippen LogP contribution in [0.5, 0.6) is 0 Å². The summed E-state index contributed by atoms with van der Waals surface area (Å²) in [6, 6.07) is 13.2. The van der Waals surface area contributed by atoms with E-state index in [2.05, 4.69) is 15.2 Å². The molecule has 1 N–H and O–H groups in total. The van der Waals surface area contributed by atoms with Gasteiger partial charge in [-0.2, -0.15) is 5.10 Å². The Balaban J connectivity index is 1.31. The Morgan fingerprint density at radius 3 is 2.93 bits per heavy atom. The number of H-pyrrole nitrogens is 1. The Kier molecular flexibility index (Phi) is 3.37. The standard InChI is InChI=1S/C21H19N5O3/c27-18-10-17-21(26(18)12-16(29-21)13-4-2-1-3-5-13)8-9-25(17)20(28)15-7-6-14-11-22-24-19(14)23-15/h1-7,11,16-17H,8-10,12H2,(H,22,23,24)/t16-,17+,21-/m0/s1. The Morgan fingerprint density at radius 1 is 1.21 bits per heavy atom. The molecule has 6 rings (SSSR count). The molecule has 1 aromatic carbocycles. The number of ether oxygens (including phenoxy) is 1. The van der Waals surface area contributed by atoms with Gasteiger partial charge in [-0.15, -0.1) is 0 Å². The summed E-state index contributed by atoms with van der Waals surface area (Å²) in [5.74, 6) is -0.132. The lowest BCUT2D eigenvalue weighted by Crippen LogP contribution is -2.48. The van der Waals surface area contributed by atoms with Gasteiger partial charge in [0.15, 0.2) is 11.4 Å². The van der Waals surface area contributed by atoms with Gasteiger partial charge in [0.25, 0.3) is 5.91 Å². The number of carbonyl (C=O) groups excluding carboxylic acids is 2. The lowest BCUT2D eigenvalue weighted by atomic mass is 10.1. The van der Waals surface area contributed by atoms with Gasteiger partial charge in [-0.1, -0.05) is 30.3 Å². The largest absolute Gasteiger partial charge is 0.343 e. The summed E-state index contributed by atoms with van der Waals surface area (Å²) >= 11 is 0. The Bertz CT molecular complexity index is 1130. The highest BCUT2D eigenvalue weighted by molar-refractivity contribution is 5.96. The van der Waals surface area contributed by atoms with Crippen molar-refractivity contribution >= 4 is 22.8 Å². The van der Waals surface area contributed by atoms with Gasteiger partial charge in [-0.25, -0.2) is 4.98 Å². The predicted molar refractivity (Wildman–Crippen MR) is 103 cm³/mol. The van der Waals surface area contributed by atoms with Gasteiger partial charge in [0, 0.05) is 18.4 Å². The summed E-state index contributed by atoms with van der Waals surface area (Å²) in [5.41, 5.74) is 1.25. The van der Waals surface area contributed by atoms with E-state index in [9.17, 15) is 9.59 Å². The molecule has 0 radical (unpaired) electrons. The minimum atomic E-state index is -0.731.